The average molecular weight is 284 g/mol. The molecule has 1 aromatic heterocycles. The van der Waals surface area contributed by atoms with E-state index in [9.17, 15) is 9.59 Å². The fraction of sp³-hybridized carbons (Fsp3) is 0.538. The van der Waals surface area contributed by atoms with Crippen molar-refractivity contribution in [1.82, 2.24) is 10.6 Å². The summed E-state index contributed by atoms with van der Waals surface area (Å²) in [4.78, 5) is 23.5. The van der Waals surface area contributed by atoms with Crippen LogP contribution in [0.15, 0.2) is 11.4 Å². The summed E-state index contributed by atoms with van der Waals surface area (Å²) in [5.41, 5.74) is 1.24. The number of rotatable bonds is 7. The Kier molecular flexibility index (Phi) is 6.35. The van der Waals surface area contributed by atoms with E-state index in [2.05, 4.69) is 23.6 Å². The summed E-state index contributed by atoms with van der Waals surface area (Å²) in [5.74, 6) is -1.41. The fourth-order valence-electron chi connectivity index (χ4n) is 1.68. The second-order valence-electron chi connectivity index (χ2n) is 4.23. The summed E-state index contributed by atoms with van der Waals surface area (Å²) < 4.78 is 0. The van der Waals surface area contributed by atoms with Gasteiger partial charge in [0.1, 0.15) is 0 Å². The number of hydrogen-bond acceptors (Lipinski definition) is 3. The number of amides is 2. The molecule has 2 amide bonds. The second kappa shape index (κ2) is 7.78. The molecule has 106 valence electrons. The molecule has 1 aromatic rings. The van der Waals surface area contributed by atoms with E-state index in [-0.39, 0.29) is 12.6 Å². The van der Waals surface area contributed by atoms with Gasteiger partial charge in [0, 0.05) is 11.4 Å². The molecule has 19 heavy (non-hydrogen) atoms. The largest absolute Gasteiger partial charge is 0.481 e. The summed E-state index contributed by atoms with van der Waals surface area (Å²) in [6.45, 7) is 4.50. The van der Waals surface area contributed by atoms with Crippen molar-refractivity contribution in [2.24, 2.45) is 5.92 Å². The predicted molar refractivity (Wildman–Crippen MR) is 75.4 cm³/mol. The first-order valence-corrected chi connectivity index (χ1v) is 7.26. The van der Waals surface area contributed by atoms with Gasteiger partial charge in [0.2, 0.25) is 0 Å². The first-order chi connectivity index (χ1) is 9.08. The Hall–Kier alpha value is -1.56. The normalized spacial score (nSPS) is 11.9. The van der Waals surface area contributed by atoms with Crippen LogP contribution < -0.4 is 10.6 Å². The van der Waals surface area contributed by atoms with Crippen LogP contribution in [0.5, 0.6) is 0 Å². The van der Waals surface area contributed by atoms with Crippen LogP contribution >= 0.6 is 11.3 Å². The Morgan fingerprint density at radius 1 is 1.37 bits per heavy atom. The summed E-state index contributed by atoms with van der Waals surface area (Å²) in [7, 11) is 0. The van der Waals surface area contributed by atoms with Crippen LogP contribution in [-0.2, 0) is 17.8 Å². The molecule has 3 N–H and O–H groups in total. The number of carboxylic acids is 1. The summed E-state index contributed by atoms with van der Waals surface area (Å²) >= 11 is 1.61. The maximum Gasteiger partial charge on any atom is 0.315 e. The first-order valence-electron chi connectivity index (χ1n) is 6.38. The highest BCUT2D eigenvalue weighted by Crippen LogP contribution is 2.16. The van der Waals surface area contributed by atoms with Crippen LogP contribution in [0, 0.1) is 5.92 Å². The van der Waals surface area contributed by atoms with Gasteiger partial charge in [0.25, 0.3) is 0 Å². The van der Waals surface area contributed by atoms with Crippen molar-refractivity contribution in [3.8, 4) is 0 Å². The van der Waals surface area contributed by atoms with Crippen molar-refractivity contribution in [2.75, 3.05) is 6.54 Å². The zero-order chi connectivity index (χ0) is 14.3. The molecule has 0 saturated heterocycles. The Morgan fingerprint density at radius 3 is 2.68 bits per heavy atom. The Bertz CT molecular complexity index is 431. The minimum atomic E-state index is -0.880. The molecule has 1 rings (SSSR count). The number of hydrogen-bond donors (Lipinski definition) is 3. The number of nitrogens with one attached hydrogen (secondary N) is 2. The van der Waals surface area contributed by atoms with Gasteiger partial charge in [-0.1, -0.05) is 13.8 Å². The molecular formula is C13H20N2O3S. The lowest BCUT2D eigenvalue weighted by Gasteiger charge is -2.12. The number of carbonyl (C=O) groups excluding carboxylic acids is 1. The van der Waals surface area contributed by atoms with Crippen molar-refractivity contribution in [3.63, 3.8) is 0 Å². The van der Waals surface area contributed by atoms with Gasteiger partial charge in [-0.2, -0.15) is 0 Å². The van der Waals surface area contributed by atoms with E-state index in [1.54, 1.807) is 18.3 Å². The summed E-state index contributed by atoms with van der Waals surface area (Å²) in [6, 6.07) is 1.73. The SMILES string of the molecule is CCc1ccsc1CNC(=O)NCC(CC)C(=O)O. The maximum atomic E-state index is 11.6. The minimum absolute atomic E-state index is 0.155. The molecule has 0 aliphatic rings. The van der Waals surface area contributed by atoms with Gasteiger partial charge < -0.3 is 15.7 Å². The third kappa shape index (κ3) is 4.90. The van der Waals surface area contributed by atoms with Gasteiger partial charge in [0.15, 0.2) is 0 Å². The van der Waals surface area contributed by atoms with Crippen molar-refractivity contribution in [3.05, 3.63) is 21.9 Å². The molecule has 0 spiro atoms. The highest BCUT2D eigenvalue weighted by molar-refractivity contribution is 7.10. The molecular weight excluding hydrogens is 264 g/mol. The van der Waals surface area contributed by atoms with Crippen LogP contribution in [0.2, 0.25) is 0 Å². The predicted octanol–water partition coefficient (Wildman–Crippen LogP) is 2.22. The van der Waals surface area contributed by atoms with E-state index in [1.807, 2.05) is 5.38 Å². The lowest BCUT2D eigenvalue weighted by molar-refractivity contribution is -0.141. The maximum absolute atomic E-state index is 11.6. The number of thiophene rings is 1. The topological polar surface area (TPSA) is 78.4 Å². The van der Waals surface area contributed by atoms with Crippen LogP contribution in [-0.4, -0.2) is 23.7 Å². The van der Waals surface area contributed by atoms with E-state index < -0.39 is 11.9 Å². The highest BCUT2D eigenvalue weighted by atomic mass is 32.1. The fourth-order valence-corrected chi connectivity index (χ4v) is 2.60. The van der Waals surface area contributed by atoms with Gasteiger partial charge in [0.05, 0.1) is 12.5 Å². The summed E-state index contributed by atoms with van der Waals surface area (Å²) in [5, 5.41) is 16.2. The molecule has 0 fully saturated rings. The zero-order valence-electron chi connectivity index (χ0n) is 11.2. The summed E-state index contributed by atoms with van der Waals surface area (Å²) in [6.07, 6.45) is 1.44. The lowest BCUT2D eigenvalue weighted by Crippen LogP contribution is -2.39. The van der Waals surface area contributed by atoms with Crippen LogP contribution in [0.4, 0.5) is 4.79 Å². The van der Waals surface area contributed by atoms with Crippen molar-refractivity contribution in [1.29, 1.82) is 0 Å². The molecule has 1 atom stereocenters. The van der Waals surface area contributed by atoms with Crippen molar-refractivity contribution >= 4 is 23.3 Å². The van der Waals surface area contributed by atoms with Crippen LogP contribution in [0.1, 0.15) is 30.7 Å². The molecule has 6 heteroatoms. The number of urea groups is 1. The molecule has 5 nitrogen and oxygen atoms in total. The molecule has 0 aliphatic heterocycles. The van der Waals surface area contributed by atoms with E-state index in [0.29, 0.717) is 13.0 Å². The van der Waals surface area contributed by atoms with Crippen molar-refractivity contribution < 1.29 is 14.7 Å². The standard InChI is InChI=1S/C13H20N2O3S/c1-3-9-5-6-19-11(9)8-15-13(18)14-7-10(4-2)12(16)17/h5-6,10H,3-4,7-8H2,1-2H3,(H,16,17)(H2,14,15,18). The number of aliphatic carboxylic acids is 1. The molecule has 0 radical (unpaired) electrons. The Balaban J connectivity index is 2.34. The Labute approximate surface area is 117 Å². The molecule has 1 heterocycles. The van der Waals surface area contributed by atoms with Crippen molar-refractivity contribution in [2.45, 2.75) is 33.2 Å². The van der Waals surface area contributed by atoms with E-state index in [4.69, 9.17) is 5.11 Å². The lowest BCUT2D eigenvalue weighted by atomic mass is 10.1. The minimum Gasteiger partial charge on any atom is -0.481 e. The zero-order valence-corrected chi connectivity index (χ0v) is 12.0. The van der Waals surface area contributed by atoms with Crippen LogP contribution in [0.25, 0.3) is 0 Å². The molecule has 0 saturated carbocycles. The monoisotopic (exact) mass is 284 g/mol. The molecule has 0 bridgehead atoms. The third-order valence-electron chi connectivity index (χ3n) is 2.98. The van der Waals surface area contributed by atoms with Crippen LogP contribution in [0.3, 0.4) is 0 Å². The average Bonchev–Trinajstić information content (AvgIpc) is 2.84. The van der Waals surface area contributed by atoms with Gasteiger partial charge in [-0.25, -0.2) is 4.79 Å². The first kappa shape index (κ1) is 15.5. The van der Waals surface area contributed by atoms with E-state index in [0.717, 1.165) is 11.3 Å². The quantitative estimate of drug-likeness (QED) is 0.718. The van der Waals surface area contributed by atoms with E-state index >= 15 is 0 Å². The van der Waals surface area contributed by atoms with E-state index in [1.165, 1.54) is 5.56 Å². The van der Waals surface area contributed by atoms with Gasteiger partial charge >= 0.3 is 12.0 Å². The molecule has 0 aromatic carbocycles. The molecule has 0 aliphatic carbocycles. The smallest absolute Gasteiger partial charge is 0.315 e. The highest BCUT2D eigenvalue weighted by Gasteiger charge is 2.15. The molecule has 1 unspecified atom stereocenters. The number of aryl methyl sites for hydroxylation is 1. The third-order valence-corrected chi connectivity index (χ3v) is 3.94. The number of carbonyl (C=O) groups is 2. The van der Waals surface area contributed by atoms with Gasteiger partial charge in [-0.3, -0.25) is 4.79 Å². The van der Waals surface area contributed by atoms with Gasteiger partial charge in [-0.15, -0.1) is 11.3 Å². The number of carboxylic acid groups (broad SMARTS) is 1. The van der Waals surface area contributed by atoms with Gasteiger partial charge in [-0.05, 0) is 29.9 Å². The second-order valence-corrected chi connectivity index (χ2v) is 5.23. The Morgan fingerprint density at radius 2 is 2.11 bits per heavy atom.